The van der Waals surface area contributed by atoms with Crippen LogP contribution in [-0.2, 0) is 0 Å². The van der Waals surface area contributed by atoms with Crippen molar-refractivity contribution >= 4 is 39.1 Å². The maximum absolute atomic E-state index is 13.1. The van der Waals surface area contributed by atoms with Gasteiger partial charge in [-0.15, -0.1) is 0 Å². The highest BCUT2D eigenvalue weighted by atomic mass is 79.9. The van der Waals surface area contributed by atoms with Crippen molar-refractivity contribution in [3.05, 3.63) is 57.3 Å². The molecule has 2 aromatic carbocycles. The first-order valence-corrected chi connectivity index (χ1v) is 7.37. The molecular formula is C15H12BrClFNO2. The van der Waals surface area contributed by atoms with Gasteiger partial charge in [0.15, 0.2) is 0 Å². The lowest BCUT2D eigenvalue weighted by molar-refractivity contribution is 0.102. The van der Waals surface area contributed by atoms with Crippen LogP contribution in [0.3, 0.4) is 0 Å². The Hall–Kier alpha value is -1.59. The third-order valence-electron chi connectivity index (χ3n) is 2.66. The molecule has 0 unspecified atom stereocenters. The molecule has 0 fully saturated rings. The zero-order valence-electron chi connectivity index (χ0n) is 11.1. The summed E-state index contributed by atoms with van der Waals surface area (Å²) >= 11 is 9.01. The minimum Gasteiger partial charge on any atom is -0.493 e. The number of halogens is 3. The number of rotatable bonds is 4. The first kappa shape index (κ1) is 15.8. The monoisotopic (exact) mass is 371 g/mol. The number of amides is 1. The lowest BCUT2D eigenvalue weighted by Crippen LogP contribution is -2.13. The molecule has 0 radical (unpaired) electrons. The second-order valence-corrected chi connectivity index (χ2v) is 5.48. The van der Waals surface area contributed by atoms with Gasteiger partial charge in [-0.25, -0.2) is 4.39 Å². The quantitative estimate of drug-likeness (QED) is 0.829. The molecule has 3 nitrogen and oxygen atoms in total. The number of anilines is 1. The number of hydrogen-bond acceptors (Lipinski definition) is 2. The number of hydrogen-bond donors (Lipinski definition) is 1. The van der Waals surface area contributed by atoms with Crippen molar-refractivity contribution in [2.75, 3.05) is 11.9 Å². The fourth-order valence-corrected chi connectivity index (χ4v) is 2.27. The molecule has 0 saturated heterocycles. The molecule has 0 aliphatic rings. The third kappa shape index (κ3) is 3.95. The summed E-state index contributed by atoms with van der Waals surface area (Å²) in [6.45, 7) is 2.29. The molecule has 2 rings (SSSR count). The van der Waals surface area contributed by atoms with Crippen LogP contribution in [-0.4, -0.2) is 12.5 Å². The maximum Gasteiger partial charge on any atom is 0.259 e. The Morgan fingerprint density at radius 2 is 2.10 bits per heavy atom. The van der Waals surface area contributed by atoms with Crippen molar-refractivity contribution in [2.45, 2.75) is 6.92 Å². The van der Waals surface area contributed by atoms with E-state index < -0.39 is 5.82 Å². The van der Waals surface area contributed by atoms with E-state index >= 15 is 0 Å². The second kappa shape index (κ2) is 6.91. The minimum atomic E-state index is -0.535. The van der Waals surface area contributed by atoms with Crippen molar-refractivity contribution in [1.82, 2.24) is 0 Å². The molecule has 0 bridgehead atoms. The van der Waals surface area contributed by atoms with Gasteiger partial charge in [-0.05, 0) is 43.3 Å². The Morgan fingerprint density at radius 1 is 1.33 bits per heavy atom. The zero-order chi connectivity index (χ0) is 15.4. The van der Waals surface area contributed by atoms with Crippen LogP contribution in [0.4, 0.5) is 10.1 Å². The predicted molar refractivity (Wildman–Crippen MR) is 84.7 cm³/mol. The largest absolute Gasteiger partial charge is 0.493 e. The van der Waals surface area contributed by atoms with E-state index in [0.717, 1.165) is 4.47 Å². The van der Waals surface area contributed by atoms with E-state index in [2.05, 4.69) is 21.2 Å². The van der Waals surface area contributed by atoms with E-state index in [1.165, 1.54) is 18.2 Å². The Bertz CT molecular complexity index is 679. The van der Waals surface area contributed by atoms with Gasteiger partial charge in [-0.3, -0.25) is 4.79 Å². The first-order chi connectivity index (χ1) is 10.0. The average molecular weight is 373 g/mol. The Morgan fingerprint density at radius 3 is 2.76 bits per heavy atom. The van der Waals surface area contributed by atoms with Crippen LogP contribution < -0.4 is 10.1 Å². The molecule has 1 N–H and O–H groups in total. The van der Waals surface area contributed by atoms with Gasteiger partial charge in [0.05, 0.1) is 17.2 Å². The molecule has 0 aliphatic carbocycles. The van der Waals surface area contributed by atoms with Gasteiger partial charge < -0.3 is 10.1 Å². The topological polar surface area (TPSA) is 38.3 Å². The molecule has 0 aromatic heterocycles. The number of ether oxygens (including phenoxy) is 1. The van der Waals surface area contributed by atoms with Crippen LogP contribution in [0.5, 0.6) is 5.75 Å². The summed E-state index contributed by atoms with van der Waals surface area (Å²) < 4.78 is 19.3. The number of nitrogens with one attached hydrogen (secondary N) is 1. The number of carbonyl (C=O) groups is 1. The van der Waals surface area contributed by atoms with Gasteiger partial charge >= 0.3 is 0 Å². The standard InChI is InChI=1S/C15H12BrClFNO2/c1-2-21-14-6-3-9(16)7-11(14)15(20)19-10-4-5-13(18)12(17)8-10/h3-8H,2H2,1H3,(H,19,20). The number of benzene rings is 2. The lowest BCUT2D eigenvalue weighted by Gasteiger charge is -2.11. The normalized spacial score (nSPS) is 10.3. The summed E-state index contributed by atoms with van der Waals surface area (Å²) in [5.41, 5.74) is 0.792. The summed E-state index contributed by atoms with van der Waals surface area (Å²) in [5.74, 6) is -0.416. The smallest absolute Gasteiger partial charge is 0.259 e. The molecule has 2 aromatic rings. The van der Waals surface area contributed by atoms with E-state index in [0.29, 0.717) is 23.6 Å². The molecule has 0 heterocycles. The van der Waals surface area contributed by atoms with Gasteiger partial charge in [0.2, 0.25) is 0 Å². The molecule has 0 aliphatic heterocycles. The zero-order valence-corrected chi connectivity index (χ0v) is 13.5. The third-order valence-corrected chi connectivity index (χ3v) is 3.45. The maximum atomic E-state index is 13.1. The van der Waals surface area contributed by atoms with E-state index in [9.17, 15) is 9.18 Å². The van der Waals surface area contributed by atoms with E-state index in [4.69, 9.17) is 16.3 Å². The van der Waals surface area contributed by atoms with E-state index in [1.807, 2.05) is 6.92 Å². The van der Waals surface area contributed by atoms with Gasteiger partial charge in [-0.2, -0.15) is 0 Å². The molecule has 0 saturated carbocycles. The summed E-state index contributed by atoms with van der Waals surface area (Å²) in [6, 6.07) is 9.15. The van der Waals surface area contributed by atoms with Crippen molar-refractivity contribution in [2.24, 2.45) is 0 Å². The fourth-order valence-electron chi connectivity index (χ4n) is 1.73. The van der Waals surface area contributed by atoms with Crippen LogP contribution in [0.1, 0.15) is 17.3 Å². The molecule has 110 valence electrons. The molecule has 0 spiro atoms. The summed E-state index contributed by atoms with van der Waals surface area (Å²) in [7, 11) is 0. The van der Waals surface area contributed by atoms with Crippen LogP contribution in [0.2, 0.25) is 5.02 Å². The molecular weight excluding hydrogens is 361 g/mol. The molecule has 0 atom stereocenters. The molecule has 21 heavy (non-hydrogen) atoms. The second-order valence-electron chi connectivity index (χ2n) is 4.16. The summed E-state index contributed by atoms with van der Waals surface area (Å²) in [6.07, 6.45) is 0. The van der Waals surface area contributed by atoms with Crippen molar-refractivity contribution < 1.29 is 13.9 Å². The van der Waals surface area contributed by atoms with Crippen LogP contribution in [0.15, 0.2) is 40.9 Å². The van der Waals surface area contributed by atoms with Crippen molar-refractivity contribution in [3.63, 3.8) is 0 Å². The summed E-state index contributed by atoms with van der Waals surface area (Å²) in [4.78, 5) is 12.3. The Labute approximate surface area is 135 Å². The van der Waals surface area contributed by atoms with E-state index in [-0.39, 0.29) is 10.9 Å². The number of carbonyl (C=O) groups excluding carboxylic acids is 1. The van der Waals surface area contributed by atoms with Crippen LogP contribution >= 0.6 is 27.5 Å². The first-order valence-electron chi connectivity index (χ1n) is 6.20. The lowest BCUT2D eigenvalue weighted by atomic mass is 10.2. The summed E-state index contributed by atoms with van der Waals surface area (Å²) in [5, 5.41) is 2.61. The van der Waals surface area contributed by atoms with Gasteiger partial charge in [-0.1, -0.05) is 27.5 Å². The van der Waals surface area contributed by atoms with E-state index in [1.54, 1.807) is 18.2 Å². The fraction of sp³-hybridized carbons (Fsp3) is 0.133. The van der Waals surface area contributed by atoms with Gasteiger partial charge in [0, 0.05) is 10.2 Å². The van der Waals surface area contributed by atoms with Crippen molar-refractivity contribution in [1.29, 1.82) is 0 Å². The highest BCUT2D eigenvalue weighted by Gasteiger charge is 2.14. The van der Waals surface area contributed by atoms with Crippen LogP contribution in [0, 0.1) is 5.82 Å². The molecule has 6 heteroatoms. The van der Waals surface area contributed by atoms with Gasteiger partial charge in [0.1, 0.15) is 11.6 Å². The average Bonchev–Trinajstić information content (AvgIpc) is 2.45. The molecule has 1 amide bonds. The Balaban J connectivity index is 2.27. The van der Waals surface area contributed by atoms with Gasteiger partial charge in [0.25, 0.3) is 5.91 Å². The Kier molecular flexibility index (Phi) is 5.20. The minimum absolute atomic E-state index is 0.0490. The van der Waals surface area contributed by atoms with Crippen molar-refractivity contribution in [3.8, 4) is 5.75 Å². The van der Waals surface area contributed by atoms with Crippen LogP contribution in [0.25, 0.3) is 0 Å². The highest BCUT2D eigenvalue weighted by molar-refractivity contribution is 9.10. The highest BCUT2D eigenvalue weighted by Crippen LogP contribution is 2.25. The SMILES string of the molecule is CCOc1ccc(Br)cc1C(=O)Nc1ccc(F)c(Cl)c1. The predicted octanol–water partition coefficient (Wildman–Crippen LogP) is 4.89.